The topological polar surface area (TPSA) is 81.8 Å². The Morgan fingerprint density at radius 1 is 1.08 bits per heavy atom. The van der Waals surface area contributed by atoms with E-state index in [0.29, 0.717) is 43.1 Å². The Labute approximate surface area is 210 Å². The number of allylic oxidation sites excluding steroid dienone is 1. The zero-order valence-corrected chi connectivity index (χ0v) is 21.3. The molecular formula is C29H32N2O5. The van der Waals surface area contributed by atoms with Gasteiger partial charge in [-0.2, -0.15) is 0 Å². The fraction of sp³-hybridized carbons (Fsp3) is 0.414. The molecule has 0 aliphatic carbocycles. The van der Waals surface area contributed by atoms with E-state index in [2.05, 4.69) is 0 Å². The first-order chi connectivity index (χ1) is 17.2. The number of ether oxygens (including phenoxy) is 1. The average Bonchev–Trinajstić information content (AvgIpc) is 2.84. The third kappa shape index (κ3) is 4.38. The van der Waals surface area contributed by atoms with Crippen LogP contribution in [0.1, 0.15) is 48.6 Å². The van der Waals surface area contributed by atoms with Gasteiger partial charge in [-0.05, 0) is 69.9 Å². The van der Waals surface area contributed by atoms with Gasteiger partial charge in [0.2, 0.25) is 5.91 Å². The molecule has 1 aromatic carbocycles. The minimum absolute atomic E-state index is 0.00299. The number of aromatic nitrogens is 1. The van der Waals surface area contributed by atoms with Gasteiger partial charge in [0.15, 0.2) is 0 Å². The molecule has 0 N–H and O–H groups in total. The zero-order valence-electron chi connectivity index (χ0n) is 21.3. The van der Waals surface area contributed by atoms with E-state index < -0.39 is 5.63 Å². The fourth-order valence-corrected chi connectivity index (χ4v) is 5.59. The van der Waals surface area contributed by atoms with Crippen LogP contribution in [0.25, 0.3) is 11.0 Å². The second-order valence-electron chi connectivity index (χ2n) is 10.3. The highest BCUT2D eigenvalue weighted by molar-refractivity contribution is 5.87. The molecule has 0 unspecified atom stereocenters. The van der Waals surface area contributed by atoms with Crippen LogP contribution in [-0.2, 0) is 17.8 Å². The van der Waals surface area contributed by atoms with Gasteiger partial charge < -0.3 is 18.6 Å². The van der Waals surface area contributed by atoms with Crippen molar-refractivity contribution in [2.24, 2.45) is 5.92 Å². The predicted molar refractivity (Wildman–Crippen MR) is 139 cm³/mol. The molecule has 1 amide bonds. The molecule has 188 valence electrons. The smallest absolute Gasteiger partial charge is 0.340 e. The summed E-state index contributed by atoms with van der Waals surface area (Å²) in [7, 11) is 0. The van der Waals surface area contributed by atoms with E-state index in [-0.39, 0.29) is 29.7 Å². The summed E-state index contributed by atoms with van der Waals surface area (Å²) in [5, 5.41) is 0.813. The number of piperidine rings is 1. The molecule has 3 aromatic rings. The highest BCUT2D eigenvalue weighted by Gasteiger charge is 2.36. The molecule has 2 aliphatic heterocycles. The molecule has 1 fully saturated rings. The van der Waals surface area contributed by atoms with Crippen molar-refractivity contribution in [2.45, 2.75) is 53.0 Å². The number of aryl methyl sites for hydroxylation is 2. The number of hydrogen-bond acceptors (Lipinski definition) is 5. The number of fused-ring (bicyclic) bond motifs is 5. The summed E-state index contributed by atoms with van der Waals surface area (Å²) in [6, 6.07) is 9.15. The first-order valence-electron chi connectivity index (χ1n) is 12.5. The summed E-state index contributed by atoms with van der Waals surface area (Å²) in [6.45, 7) is 10.0. The summed E-state index contributed by atoms with van der Waals surface area (Å²) in [6.07, 6.45) is 2.97. The van der Waals surface area contributed by atoms with Crippen LogP contribution in [-0.4, -0.2) is 35.1 Å². The molecule has 5 rings (SSSR count). The largest absolute Gasteiger partial charge is 0.489 e. The van der Waals surface area contributed by atoms with Crippen molar-refractivity contribution in [3.63, 3.8) is 0 Å². The molecule has 7 nitrogen and oxygen atoms in total. The van der Waals surface area contributed by atoms with Crippen molar-refractivity contribution in [3.05, 3.63) is 85.1 Å². The number of nitrogens with zero attached hydrogens (tertiary/aromatic N) is 2. The van der Waals surface area contributed by atoms with E-state index >= 15 is 0 Å². The highest BCUT2D eigenvalue weighted by atomic mass is 16.5. The molecule has 36 heavy (non-hydrogen) atoms. The predicted octanol–water partition coefficient (Wildman–Crippen LogP) is 4.10. The lowest BCUT2D eigenvalue weighted by Crippen LogP contribution is -2.49. The summed E-state index contributed by atoms with van der Waals surface area (Å²) in [4.78, 5) is 40.5. The Kier molecular flexibility index (Phi) is 6.33. The van der Waals surface area contributed by atoms with Gasteiger partial charge in [0, 0.05) is 48.3 Å². The van der Waals surface area contributed by atoms with E-state index in [1.54, 1.807) is 12.1 Å². The molecule has 2 atom stereocenters. The highest BCUT2D eigenvalue weighted by Crippen LogP contribution is 2.35. The molecule has 1 saturated heterocycles. The Morgan fingerprint density at radius 3 is 2.67 bits per heavy atom. The van der Waals surface area contributed by atoms with Crippen LogP contribution in [0.3, 0.4) is 0 Å². The molecule has 0 radical (unpaired) electrons. The summed E-state index contributed by atoms with van der Waals surface area (Å²) < 4.78 is 13.4. The SMILES string of the molecule is CC(C)=CCOc1ccc2c(C)c(CC(=O)N3C[C@H]4C[C@H](C3)c3cccc(=O)n3C4)c(=O)oc2c1C. The summed E-state index contributed by atoms with van der Waals surface area (Å²) >= 11 is 0. The maximum atomic E-state index is 13.4. The average molecular weight is 489 g/mol. The minimum Gasteiger partial charge on any atom is -0.489 e. The fourth-order valence-electron chi connectivity index (χ4n) is 5.59. The van der Waals surface area contributed by atoms with Gasteiger partial charge in [0.1, 0.15) is 17.9 Å². The quantitative estimate of drug-likeness (QED) is 0.399. The molecular weight excluding hydrogens is 456 g/mol. The maximum Gasteiger partial charge on any atom is 0.340 e. The van der Waals surface area contributed by atoms with Crippen LogP contribution >= 0.6 is 0 Å². The number of likely N-dealkylation sites (tertiary alicyclic amines) is 1. The zero-order chi connectivity index (χ0) is 25.6. The Hall–Kier alpha value is -3.61. The number of pyridine rings is 1. The molecule has 2 aliphatic rings. The minimum atomic E-state index is -0.480. The number of benzene rings is 1. The monoisotopic (exact) mass is 488 g/mol. The van der Waals surface area contributed by atoms with Gasteiger partial charge in [-0.1, -0.05) is 11.6 Å². The third-order valence-corrected chi connectivity index (χ3v) is 7.54. The van der Waals surface area contributed by atoms with Gasteiger partial charge >= 0.3 is 5.63 Å². The number of hydrogen-bond donors (Lipinski definition) is 0. The first-order valence-corrected chi connectivity index (χ1v) is 12.5. The second kappa shape index (κ2) is 9.45. The van der Waals surface area contributed by atoms with Crippen molar-refractivity contribution in [2.75, 3.05) is 19.7 Å². The first kappa shape index (κ1) is 24.1. The lowest BCUT2D eigenvalue weighted by atomic mass is 9.83. The molecule has 0 spiro atoms. The second-order valence-corrected chi connectivity index (χ2v) is 10.3. The normalized spacial score (nSPS) is 18.6. The van der Waals surface area contributed by atoms with Crippen LogP contribution in [0.2, 0.25) is 0 Å². The van der Waals surface area contributed by atoms with Crippen LogP contribution in [0.15, 0.2) is 56.0 Å². The number of carbonyl (C=O) groups is 1. The van der Waals surface area contributed by atoms with Crippen molar-refractivity contribution < 1.29 is 13.9 Å². The number of amides is 1. The molecule has 7 heteroatoms. The van der Waals surface area contributed by atoms with Gasteiger partial charge in [-0.25, -0.2) is 4.79 Å². The van der Waals surface area contributed by atoms with E-state index in [4.69, 9.17) is 9.15 Å². The Balaban J connectivity index is 1.39. The van der Waals surface area contributed by atoms with Gasteiger partial charge in [-0.15, -0.1) is 0 Å². The molecule has 4 heterocycles. The van der Waals surface area contributed by atoms with Gasteiger partial charge in [0.05, 0.1) is 12.0 Å². The van der Waals surface area contributed by atoms with Gasteiger partial charge in [0.25, 0.3) is 5.56 Å². The lowest BCUT2D eigenvalue weighted by molar-refractivity contribution is -0.133. The van der Waals surface area contributed by atoms with Crippen LogP contribution in [0.5, 0.6) is 5.75 Å². The third-order valence-electron chi connectivity index (χ3n) is 7.54. The van der Waals surface area contributed by atoms with Crippen molar-refractivity contribution in [1.29, 1.82) is 0 Å². The van der Waals surface area contributed by atoms with Crippen molar-refractivity contribution in [1.82, 2.24) is 9.47 Å². The van der Waals surface area contributed by atoms with Crippen molar-refractivity contribution in [3.8, 4) is 5.75 Å². The van der Waals surface area contributed by atoms with Crippen LogP contribution in [0, 0.1) is 19.8 Å². The van der Waals surface area contributed by atoms with Crippen LogP contribution < -0.4 is 15.9 Å². The van der Waals surface area contributed by atoms with Gasteiger partial charge in [-0.3, -0.25) is 9.59 Å². The standard InChI is InChI=1S/C29H32N2O5/c1-17(2)10-11-35-25-9-8-22-18(3)23(29(34)36-28(22)19(25)4)13-27(33)30-14-20-12-21(16-30)24-6-5-7-26(32)31(24)15-20/h5-10,20-21H,11-16H2,1-4H3/t20-,21-/m1/s1. The van der Waals surface area contributed by atoms with E-state index in [0.717, 1.165) is 28.6 Å². The van der Waals surface area contributed by atoms with E-state index in [1.165, 1.54) is 5.57 Å². The lowest BCUT2D eigenvalue weighted by Gasteiger charge is -2.42. The number of rotatable bonds is 5. The van der Waals surface area contributed by atoms with E-state index in [1.807, 2.05) is 61.4 Å². The molecule has 2 aromatic heterocycles. The van der Waals surface area contributed by atoms with Crippen LogP contribution in [0.4, 0.5) is 0 Å². The Bertz CT molecular complexity index is 1490. The maximum absolute atomic E-state index is 13.4. The Morgan fingerprint density at radius 2 is 1.89 bits per heavy atom. The molecule has 0 saturated carbocycles. The van der Waals surface area contributed by atoms with E-state index in [9.17, 15) is 14.4 Å². The van der Waals surface area contributed by atoms with Crippen molar-refractivity contribution >= 4 is 16.9 Å². The summed E-state index contributed by atoms with van der Waals surface area (Å²) in [5.41, 5.74) is 4.14. The molecule has 2 bridgehead atoms. The number of carbonyl (C=O) groups excluding carboxylic acids is 1. The summed E-state index contributed by atoms with van der Waals surface area (Å²) in [5.74, 6) is 0.967.